The number of phenols is 1. The van der Waals surface area contributed by atoms with Crippen molar-refractivity contribution >= 4 is 23.2 Å². The fourth-order valence-electron chi connectivity index (χ4n) is 2.03. The topological polar surface area (TPSA) is 61.8 Å². The first-order chi connectivity index (χ1) is 11.4. The highest BCUT2D eigenvalue weighted by atomic mass is 35.5. The number of carbonyl (C=O) groups excluding carboxylic acids is 1. The van der Waals surface area contributed by atoms with Gasteiger partial charge in [-0.3, -0.25) is 4.79 Å². The summed E-state index contributed by atoms with van der Waals surface area (Å²) < 4.78 is 5.79. The number of halogens is 1. The Kier molecular flexibility index (Phi) is 6.06. The van der Waals surface area contributed by atoms with Gasteiger partial charge in [-0.15, -0.1) is 0 Å². The minimum atomic E-state index is -0.321. The number of aryl methyl sites for hydroxylation is 1. The molecule has 0 heterocycles. The van der Waals surface area contributed by atoms with Gasteiger partial charge in [-0.1, -0.05) is 17.7 Å². The molecule has 5 nitrogen and oxygen atoms in total. The van der Waals surface area contributed by atoms with E-state index in [1.54, 1.807) is 6.07 Å². The number of phenolic OH excluding ortho intramolecular Hbond substituents is 1. The van der Waals surface area contributed by atoms with Crippen molar-refractivity contribution in [3.63, 3.8) is 0 Å². The SMILES string of the molecule is Cc1ccc(NC(=O)c2ccc(O)c(Cl)c2)c(OCCN(C)C)c1. The molecule has 0 aromatic heterocycles. The van der Waals surface area contributed by atoms with E-state index >= 15 is 0 Å². The zero-order valence-electron chi connectivity index (χ0n) is 14.0. The second-order valence-electron chi connectivity index (χ2n) is 5.77. The molecule has 0 bridgehead atoms. The fourth-order valence-corrected chi connectivity index (χ4v) is 2.21. The number of hydrogen-bond donors (Lipinski definition) is 2. The third-order valence-corrected chi connectivity index (χ3v) is 3.69. The molecule has 0 saturated carbocycles. The minimum absolute atomic E-state index is 0.0590. The van der Waals surface area contributed by atoms with E-state index in [0.29, 0.717) is 23.6 Å². The Morgan fingerprint density at radius 1 is 1.25 bits per heavy atom. The van der Waals surface area contributed by atoms with Gasteiger partial charge in [0.1, 0.15) is 18.1 Å². The molecule has 0 fully saturated rings. The zero-order valence-corrected chi connectivity index (χ0v) is 14.7. The molecule has 0 aliphatic rings. The van der Waals surface area contributed by atoms with E-state index in [9.17, 15) is 9.90 Å². The van der Waals surface area contributed by atoms with Crippen molar-refractivity contribution in [1.29, 1.82) is 0 Å². The second kappa shape index (κ2) is 8.04. The van der Waals surface area contributed by atoms with Crippen LogP contribution in [0.25, 0.3) is 0 Å². The first kappa shape index (κ1) is 18.1. The van der Waals surface area contributed by atoms with Gasteiger partial charge < -0.3 is 20.1 Å². The molecule has 6 heteroatoms. The lowest BCUT2D eigenvalue weighted by molar-refractivity contribution is 0.102. The number of rotatable bonds is 6. The molecule has 0 saturated heterocycles. The maximum Gasteiger partial charge on any atom is 0.255 e. The quantitative estimate of drug-likeness (QED) is 0.838. The van der Waals surface area contributed by atoms with Crippen LogP contribution in [0.2, 0.25) is 5.02 Å². The predicted octanol–water partition coefficient (Wildman–Crippen LogP) is 3.55. The molecule has 2 aromatic carbocycles. The van der Waals surface area contributed by atoms with Crippen molar-refractivity contribution in [3.05, 3.63) is 52.5 Å². The number of benzene rings is 2. The van der Waals surface area contributed by atoms with Crippen molar-refractivity contribution in [3.8, 4) is 11.5 Å². The average molecular weight is 349 g/mol. The molecule has 1 amide bonds. The molecule has 0 spiro atoms. The van der Waals surface area contributed by atoms with Crippen LogP contribution in [0.4, 0.5) is 5.69 Å². The molecule has 0 aliphatic carbocycles. The summed E-state index contributed by atoms with van der Waals surface area (Å²) in [6, 6.07) is 9.92. The van der Waals surface area contributed by atoms with Gasteiger partial charge in [0.15, 0.2) is 0 Å². The van der Waals surface area contributed by atoms with Gasteiger partial charge in [-0.05, 0) is 56.9 Å². The van der Waals surface area contributed by atoms with Crippen molar-refractivity contribution in [1.82, 2.24) is 4.90 Å². The van der Waals surface area contributed by atoms with Crippen LogP contribution in [0, 0.1) is 6.92 Å². The van der Waals surface area contributed by atoms with Gasteiger partial charge >= 0.3 is 0 Å². The average Bonchev–Trinajstić information content (AvgIpc) is 2.52. The van der Waals surface area contributed by atoms with Gasteiger partial charge in [0, 0.05) is 12.1 Å². The highest BCUT2D eigenvalue weighted by molar-refractivity contribution is 6.32. The van der Waals surface area contributed by atoms with Crippen LogP contribution in [0.3, 0.4) is 0 Å². The first-order valence-electron chi connectivity index (χ1n) is 7.55. The number of amides is 1. The Hall–Kier alpha value is -2.24. The van der Waals surface area contributed by atoms with E-state index in [2.05, 4.69) is 5.32 Å². The minimum Gasteiger partial charge on any atom is -0.506 e. The van der Waals surface area contributed by atoms with Crippen LogP contribution in [-0.4, -0.2) is 43.2 Å². The number of likely N-dealkylation sites (N-methyl/N-ethyl adjacent to an activating group) is 1. The number of ether oxygens (including phenoxy) is 1. The summed E-state index contributed by atoms with van der Waals surface area (Å²) in [5.74, 6) is 0.240. The Labute approximate surface area is 146 Å². The van der Waals surface area contributed by atoms with Crippen LogP contribution in [0.15, 0.2) is 36.4 Å². The highest BCUT2D eigenvalue weighted by Crippen LogP contribution is 2.28. The predicted molar refractivity (Wildman–Crippen MR) is 96.3 cm³/mol. The normalized spacial score (nSPS) is 10.7. The molecule has 128 valence electrons. The number of hydrogen-bond acceptors (Lipinski definition) is 4. The molecule has 2 rings (SSSR count). The van der Waals surface area contributed by atoms with Gasteiger partial charge in [0.25, 0.3) is 5.91 Å². The van der Waals surface area contributed by atoms with Crippen molar-refractivity contribution in [2.24, 2.45) is 0 Å². The Balaban J connectivity index is 2.15. The van der Waals surface area contributed by atoms with Gasteiger partial charge in [0.2, 0.25) is 0 Å². The number of anilines is 1. The fraction of sp³-hybridized carbons (Fsp3) is 0.278. The molecular weight excluding hydrogens is 328 g/mol. The Bertz CT molecular complexity index is 732. The lowest BCUT2D eigenvalue weighted by Gasteiger charge is -2.15. The van der Waals surface area contributed by atoms with Crippen LogP contribution in [-0.2, 0) is 0 Å². The van der Waals surface area contributed by atoms with Crippen molar-refractivity contribution in [2.75, 3.05) is 32.6 Å². The van der Waals surface area contributed by atoms with E-state index in [0.717, 1.165) is 12.1 Å². The van der Waals surface area contributed by atoms with E-state index in [1.165, 1.54) is 18.2 Å². The largest absolute Gasteiger partial charge is 0.506 e. The summed E-state index contributed by atoms with van der Waals surface area (Å²) in [6.45, 7) is 3.25. The number of aromatic hydroxyl groups is 1. The summed E-state index contributed by atoms with van der Waals surface area (Å²) in [5, 5.41) is 12.4. The van der Waals surface area contributed by atoms with Crippen LogP contribution in [0.1, 0.15) is 15.9 Å². The molecule has 0 atom stereocenters. The lowest BCUT2D eigenvalue weighted by atomic mass is 10.1. The summed E-state index contributed by atoms with van der Waals surface area (Å²) in [7, 11) is 3.94. The van der Waals surface area contributed by atoms with Gasteiger partial charge in [-0.2, -0.15) is 0 Å². The van der Waals surface area contributed by atoms with E-state index in [1.807, 2.05) is 38.1 Å². The zero-order chi connectivity index (χ0) is 17.7. The highest BCUT2D eigenvalue weighted by Gasteiger charge is 2.12. The van der Waals surface area contributed by atoms with E-state index < -0.39 is 0 Å². The molecule has 0 radical (unpaired) electrons. The molecular formula is C18H21ClN2O3. The van der Waals surface area contributed by atoms with Crippen molar-refractivity contribution < 1.29 is 14.6 Å². The van der Waals surface area contributed by atoms with E-state index in [4.69, 9.17) is 16.3 Å². The monoisotopic (exact) mass is 348 g/mol. The third kappa shape index (κ3) is 4.88. The van der Waals surface area contributed by atoms with Crippen LogP contribution in [0.5, 0.6) is 11.5 Å². The summed E-state index contributed by atoms with van der Waals surface area (Å²) in [6.07, 6.45) is 0. The van der Waals surface area contributed by atoms with E-state index in [-0.39, 0.29) is 16.7 Å². The molecule has 0 unspecified atom stereocenters. The number of nitrogens with one attached hydrogen (secondary N) is 1. The standard InChI is InChI=1S/C18H21ClN2O3/c1-12-4-6-15(17(10-12)24-9-8-21(2)3)20-18(23)13-5-7-16(22)14(19)11-13/h4-7,10-11,22H,8-9H2,1-3H3,(H,20,23). The second-order valence-corrected chi connectivity index (χ2v) is 6.18. The van der Waals surface area contributed by atoms with Crippen LogP contribution < -0.4 is 10.1 Å². The van der Waals surface area contributed by atoms with Crippen molar-refractivity contribution in [2.45, 2.75) is 6.92 Å². The lowest BCUT2D eigenvalue weighted by Crippen LogP contribution is -2.20. The van der Waals surface area contributed by atoms with Gasteiger partial charge in [0.05, 0.1) is 10.7 Å². The van der Waals surface area contributed by atoms with Crippen LogP contribution >= 0.6 is 11.6 Å². The number of carbonyl (C=O) groups is 1. The first-order valence-corrected chi connectivity index (χ1v) is 7.92. The van der Waals surface area contributed by atoms with Gasteiger partial charge in [-0.25, -0.2) is 0 Å². The molecule has 24 heavy (non-hydrogen) atoms. The summed E-state index contributed by atoms with van der Waals surface area (Å²) >= 11 is 5.85. The third-order valence-electron chi connectivity index (χ3n) is 3.39. The Morgan fingerprint density at radius 2 is 2.00 bits per heavy atom. The molecule has 0 aliphatic heterocycles. The Morgan fingerprint density at radius 3 is 2.67 bits per heavy atom. The molecule has 2 aromatic rings. The maximum absolute atomic E-state index is 12.4. The number of nitrogens with zero attached hydrogens (tertiary/aromatic N) is 1. The summed E-state index contributed by atoms with van der Waals surface area (Å²) in [5.41, 5.74) is 1.99. The maximum atomic E-state index is 12.4. The molecule has 2 N–H and O–H groups in total. The smallest absolute Gasteiger partial charge is 0.255 e. The summed E-state index contributed by atoms with van der Waals surface area (Å²) in [4.78, 5) is 14.4.